The third-order valence-corrected chi connectivity index (χ3v) is 4.54. The maximum absolute atomic E-state index is 12.0. The molecule has 0 aromatic carbocycles. The Morgan fingerprint density at radius 1 is 1.37 bits per heavy atom. The van der Waals surface area contributed by atoms with Crippen molar-refractivity contribution in [3.63, 3.8) is 0 Å². The highest BCUT2D eigenvalue weighted by molar-refractivity contribution is 7.89. The number of aryl methyl sites for hydroxylation is 1. The summed E-state index contributed by atoms with van der Waals surface area (Å²) in [5, 5.41) is 9.30. The monoisotopic (exact) mass is 294 g/mol. The van der Waals surface area contributed by atoms with Gasteiger partial charge in [-0.2, -0.15) is 5.26 Å². The van der Waals surface area contributed by atoms with E-state index in [9.17, 15) is 8.42 Å². The Bertz CT molecular complexity index is 714. The highest BCUT2D eigenvalue weighted by Gasteiger charge is 2.14. The molecule has 8 heteroatoms. The average Bonchev–Trinajstić information content (AvgIpc) is 2.82. The van der Waals surface area contributed by atoms with Gasteiger partial charge in [0.15, 0.2) is 0 Å². The van der Waals surface area contributed by atoms with Crippen molar-refractivity contribution >= 4 is 21.4 Å². The highest BCUT2D eigenvalue weighted by atomic mass is 32.2. The summed E-state index contributed by atoms with van der Waals surface area (Å²) < 4.78 is 26.3. The lowest BCUT2D eigenvalue weighted by Crippen LogP contribution is -2.23. The molecule has 0 aliphatic rings. The van der Waals surface area contributed by atoms with Gasteiger partial charge in [0.2, 0.25) is 10.0 Å². The molecule has 2 aromatic rings. The zero-order chi connectivity index (χ0) is 13.9. The van der Waals surface area contributed by atoms with Gasteiger partial charge in [0, 0.05) is 17.3 Å². The molecule has 0 amide bonds. The fourth-order valence-electron chi connectivity index (χ4n) is 1.33. The van der Waals surface area contributed by atoms with E-state index in [1.807, 2.05) is 13.0 Å². The van der Waals surface area contributed by atoms with Crippen LogP contribution in [0.3, 0.4) is 0 Å². The Balaban J connectivity index is 2.11. The quantitative estimate of drug-likeness (QED) is 0.914. The van der Waals surface area contributed by atoms with E-state index in [0.29, 0.717) is 5.01 Å². The van der Waals surface area contributed by atoms with Crippen molar-refractivity contribution in [1.29, 1.82) is 5.26 Å². The summed E-state index contributed by atoms with van der Waals surface area (Å²) in [6.45, 7) is 2.04. The smallest absolute Gasteiger partial charge is 0.242 e. The summed E-state index contributed by atoms with van der Waals surface area (Å²) >= 11 is 1.43. The van der Waals surface area contributed by atoms with E-state index in [4.69, 9.17) is 5.26 Å². The standard InChI is InChI=1S/C11H10N4O2S2/c1-8-5-14-11(18-8)7-15-19(16,17)10-3-2-9(4-12)13-6-10/h2-3,5-6,15H,7H2,1H3. The summed E-state index contributed by atoms with van der Waals surface area (Å²) in [7, 11) is -3.63. The molecule has 2 rings (SSSR count). The second-order valence-corrected chi connectivity index (χ2v) is 6.77. The maximum Gasteiger partial charge on any atom is 0.242 e. The second-order valence-electron chi connectivity index (χ2n) is 3.68. The molecule has 0 saturated heterocycles. The number of rotatable bonds is 4. The van der Waals surface area contributed by atoms with Crippen molar-refractivity contribution < 1.29 is 8.42 Å². The molecule has 0 aliphatic carbocycles. The fraction of sp³-hybridized carbons (Fsp3) is 0.182. The van der Waals surface area contributed by atoms with Crippen LogP contribution in [0.15, 0.2) is 29.4 Å². The van der Waals surface area contributed by atoms with Crippen LogP contribution in [0.2, 0.25) is 0 Å². The SMILES string of the molecule is Cc1cnc(CNS(=O)(=O)c2ccc(C#N)nc2)s1. The van der Waals surface area contributed by atoms with Crippen LogP contribution in [0.5, 0.6) is 0 Å². The van der Waals surface area contributed by atoms with Crippen LogP contribution in [-0.2, 0) is 16.6 Å². The molecule has 0 bridgehead atoms. The Morgan fingerprint density at radius 3 is 2.68 bits per heavy atom. The van der Waals surface area contributed by atoms with E-state index in [1.165, 1.54) is 23.5 Å². The van der Waals surface area contributed by atoms with Crippen LogP contribution in [0.4, 0.5) is 0 Å². The van der Waals surface area contributed by atoms with Crippen molar-refractivity contribution in [2.45, 2.75) is 18.4 Å². The van der Waals surface area contributed by atoms with E-state index in [-0.39, 0.29) is 17.1 Å². The van der Waals surface area contributed by atoms with Gasteiger partial charge in [-0.15, -0.1) is 11.3 Å². The third-order valence-electron chi connectivity index (χ3n) is 2.24. The van der Waals surface area contributed by atoms with Gasteiger partial charge < -0.3 is 0 Å². The van der Waals surface area contributed by atoms with Crippen LogP contribution < -0.4 is 4.72 Å². The van der Waals surface area contributed by atoms with Gasteiger partial charge in [-0.25, -0.2) is 23.1 Å². The molecule has 2 aromatic heterocycles. The van der Waals surface area contributed by atoms with Crippen LogP contribution in [-0.4, -0.2) is 18.4 Å². The van der Waals surface area contributed by atoms with E-state index >= 15 is 0 Å². The molecule has 0 fully saturated rings. The number of hydrogen-bond acceptors (Lipinski definition) is 6. The number of thiazole rings is 1. The maximum atomic E-state index is 12.0. The Morgan fingerprint density at radius 2 is 2.16 bits per heavy atom. The molecule has 2 heterocycles. The minimum absolute atomic E-state index is 0.0276. The summed E-state index contributed by atoms with van der Waals surface area (Å²) in [6.07, 6.45) is 2.85. The summed E-state index contributed by atoms with van der Waals surface area (Å²) in [4.78, 5) is 8.85. The molecular weight excluding hydrogens is 284 g/mol. The molecule has 6 nitrogen and oxygen atoms in total. The van der Waals surface area contributed by atoms with Crippen LogP contribution in [0.1, 0.15) is 15.6 Å². The van der Waals surface area contributed by atoms with E-state index in [2.05, 4.69) is 14.7 Å². The number of nitrogens with one attached hydrogen (secondary N) is 1. The second kappa shape index (κ2) is 5.44. The number of sulfonamides is 1. The molecule has 1 N–H and O–H groups in total. The first-order chi connectivity index (χ1) is 9.01. The minimum atomic E-state index is -3.63. The number of aromatic nitrogens is 2. The normalized spacial score (nSPS) is 11.2. The van der Waals surface area contributed by atoms with E-state index < -0.39 is 10.0 Å². The number of nitriles is 1. The number of hydrogen-bond donors (Lipinski definition) is 1. The molecule has 0 radical (unpaired) electrons. The summed E-state index contributed by atoms with van der Waals surface area (Å²) in [5.41, 5.74) is 0.175. The summed E-state index contributed by atoms with van der Waals surface area (Å²) in [5.74, 6) is 0. The first kappa shape index (κ1) is 13.6. The van der Waals surface area contributed by atoms with Gasteiger partial charge in [-0.1, -0.05) is 0 Å². The van der Waals surface area contributed by atoms with Crippen LogP contribution >= 0.6 is 11.3 Å². The zero-order valence-electron chi connectivity index (χ0n) is 9.99. The number of pyridine rings is 1. The van der Waals surface area contributed by atoms with E-state index in [1.54, 1.807) is 6.20 Å². The van der Waals surface area contributed by atoms with E-state index in [0.717, 1.165) is 11.1 Å². The minimum Gasteiger partial charge on any atom is -0.248 e. The van der Waals surface area contributed by atoms with Crippen molar-refractivity contribution in [2.24, 2.45) is 0 Å². The van der Waals surface area contributed by atoms with Gasteiger partial charge in [0.05, 0.1) is 6.54 Å². The molecule has 0 saturated carbocycles. The molecule has 19 heavy (non-hydrogen) atoms. The average molecular weight is 294 g/mol. The Labute approximate surface area is 114 Å². The molecule has 0 spiro atoms. The molecule has 0 atom stereocenters. The van der Waals surface area contributed by atoms with Crippen molar-refractivity contribution in [3.8, 4) is 6.07 Å². The van der Waals surface area contributed by atoms with Crippen molar-refractivity contribution in [3.05, 3.63) is 40.1 Å². The lowest BCUT2D eigenvalue weighted by atomic mass is 10.4. The van der Waals surface area contributed by atoms with Crippen LogP contribution in [0.25, 0.3) is 0 Å². The highest BCUT2D eigenvalue weighted by Crippen LogP contribution is 2.13. The van der Waals surface area contributed by atoms with Gasteiger partial charge in [-0.05, 0) is 19.1 Å². The topological polar surface area (TPSA) is 95.7 Å². The van der Waals surface area contributed by atoms with Crippen molar-refractivity contribution in [2.75, 3.05) is 0 Å². The van der Waals surface area contributed by atoms with Crippen LogP contribution in [0, 0.1) is 18.3 Å². The summed E-state index contributed by atoms with van der Waals surface area (Å²) in [6, 6.07) is 4.54. The lowest BCUT2D eigenvalue weighted by Gasteiger charge is -2.04. The Hall–Kier alpha value is -1.82. The molecule has 0 aliphatic heterocycles. The van der Waals surface area contributed by atoms with Gasteiger partial charge in [-0.3, -0.25) is 0 Å². The van der Waals surface area contributed by atoms with Crippen molar-refractivity contribution in [1.82, 2.24) is 14.7 Å². The molecular formula is C11H10N4O2S2. The van der Waals surface area contributed by atoms with Gasteiger partial charge in [0.25, 0.3) is 0 Å². The predicted molar refractivity (Wildman–Crippen MR) is 69.8 cm³/mol. The molecule has 0 unspecified atom stereocenters. The predicted octanol–water partition coefficient (Wildman–Crippen LogP) is 1.20. The van der Waals surface area contributed by atoms with Gasteiger partial charge >= 0.3 is 0 Å². The molecule has 98 valence electrons. The zero-order valence-corrected chi connectivity index (χ0v) is 11.6. The first-order valence-corrected chi connectivity index (χ1v) is 7.58. The Kier molecular flexibility index (Phi) is 3.90. The lowest BCUT2D eigenvalue weighted by molar-refractivity contribution is 0.580. The number of nitrogens with zero attached hydrogens (tertiary/aromatic N) is 3. The van der Waals surface area contributed by atoms with Gasteiger partial charge in [0.1, 0.15) is 21.7 Å². The fourth-order valence-corrected chi connectivity index (χ4v) is 3.08. The largest absolute Gasteiger partial charge is 0.248 e. The third kappa shape index (κ3) is 3.35. The first-order valence-electron chi connectivity index (χ1n) is 5.28.